The summed E-state index contributed by atoms with van der Waals surface area (Å²) in [5, 5.41) is 0. The Labute approximate surface area is 110 Å². The third-order valence-electron chi connectivity index (χ3n) is 2.75. The zero-order chi connectivity index (χ0) is 12.1. The van der Waals surface area contributed by atoms with Crippen LogP contribution < -0.4 is 5.73 Å². The SMILES string of the molecule is NCCCC1=NCC(Cc2ccc(Br)cc2)O1. The highest BCUT2D eigenvalue weighted by Crippen LogP contribution is 2.16. The zero-order valence-corrected chi connectivity index (χ0v) is 11.3. The molecule has 1 aromatic rings. The maximum absolute atomic E-state index is 5.78. The third kappa shape index (κ3) is 3.82. The Kier molecular flexibility index (Phi) is 4.57. The van der Waals surface area contributed by atoms with Crippen molar-refractivity contribution in [2.75, 3.05) is 13.1 Å². The first kappa shape index (κ1) is 12.6. The molecule has 0 spiro atoms. The predicted molar refractivity (Wildman–Crippen MR) is 73.3 cm³/mol. The molecular weight excluding hydrogens is 280 g/mol. The van der Waals surface area contributed by atoms with Crippen LogP contribution in [0.25, 0.3) is 0 Å². The molecule has 0 bridgehead atoms. The van der Waals surface area contributed by atoms with Crippen LogP contribution in [0.4, 0.5) is 0 Å². The van der Waals surface area contributed by atoms with Crippen molar-refractivity contribution in [3.63, 3.8) is 0 Å². The molecule has 0 radical (unpaired) electrons. The van der Waals surface area contributed by atoms with Crippen LogP contribution in [-0.2, 0) is 11.2 Å². The van der Waals surface area contributed by atoms with Gasteiger partial charge in [-0.15, -0.1) is 0 Å². The van der Waals surface area contributed by atoms with Gasteiger partial charge in [0.1, 0.15) is 6.10 Å². The van der Waals surface area contributed by atoms with Crippen LogP contribution in [0.1, 0.15) is 18.4 Å². The molecule has 2 N–H and O–H groups in total. The van der Waals surface area contributed by atoms with Crippen molar-refractivity contribution in [2.24, 2.45) is 10.7 Å². The minimum Gasteiger partial charge on any atom is -0.475 e. The topological polar surface area (TPSA) is 47.6 Å². The molecular formula is C13H17BrN2O. The largest absolute Gasteiger partial charge is 0.475 e. The highest BCUT2D eigenvalue weighted by molar-refractivity contribution is 9.10. The maximum atomic E-state index is 5.78. The fourth-order valence-electron chi connectivity index (χ4n) is 1.85. The number of nitrogens with zero attached hydrogens (tertiary/aromatic N) is 1. The number of aliphatic imine (C=N–C) groups is 1. The Morgan fingerprint density at radius 2 is 2.12 bits per heavy atom. The van der Waals surface area contributed by atoms with Crippen LogP contribution in [0.3, 0.4) is 0 Å². The van der Waals surface area contributed by atoms with Crippen LogP contribution in [0.15, 0.2) is 33.7 Å². The van der Waals surface area contributed by atoms with Crippen molar-refractivity contribution in [1.29, 1.82) is 0 Å². The van der Waals surface area contributed by atoms with E-state index in [0.29, 0.717) is 6.54 Å². The Hall–Kier alpha value is -0.870. The van der Waals surface area contributed by atoms with Crippen molar-refractivity contribution in [2.45, 2.75) is 25.4 Å². The van der Waals surface area contributed by atoms with Gasteiger partial charge in [0.2, 0.25) is 0 Å². The molecule has 2 rings (SSSR count). The third-order valence-corrected chi connectivity index (χ3v) is 3.27. The van der Waals surface area contributed by atoms with E-state index < -0.39 is 0 Å². The van der Waals surface area contributed by atoms with E-state index >= 15 is 0 Å². The molecule has 1 unspecified atom stereocenters. The quantitative estimate of drug-likeness (QED) is 0.908. The first-order valence-electron chi connectivity index (χ1n) is 5.92. The van der Waals surface area contributed by atoms with E-state index in [1.807, 2.05) is 0 Å². The molecule has 0 saturated carbocycles. The molecule has 1 aliphatic heterocycles. The van der Waals surface area contributed by atoms with Gasteiger partial charge in [0, 0.05) is 17.3 Å². The monoisotopic (exact) mass is 296 g/mol. The molecule has 0 amide bonds. The predicted octanol–water partition coefficient (Wildman–Crippen LogP) is 2.53. The summed E-state index contributed by atoms with van der Waals surface area (Å²) in [5.41, 5.74) is 6.75. The molecule has 17 heavy (non-hydrogen) atoms. The summed E-state index contributed by atoms with van der Waals surface area (Å²) in [4.78, 5) is 4.40. The number of halogens is 1. The molecule has 0 aliphatic carbocycles. The van der Waals surface area contributed by atoms with E-state index in [2.05, 4.69) is 45.2 Å². The fourth-order valence-corrected chi connectivity index (χ4v) is 2.12. The summed E-state index contributed by atoms with van der Waals surface area (Å²) in [6.45, 7) is 1.47. The Morgan fingerprint density at radius 1 is 1.35 bits per heavy atom. The van der Waals surface area contributed by atoms with E-state index in [-0.39, 0.29) is 6.10 Å². The van der Waals surface area contributed by atoms with E-state index in [1.54, 1.807) is 0 Å². The van der Waals surface area contributed by atoms with Gasteiger partial charge < -0.3 is 10.5 Å². The molecule has 1 heterocycles. The smallest absolute Gasteiger partial charge is 0.183 e. The van der Waals surface area contributed by atoms with Gasteiger partial charge >= 0.3 is 0 Å². The maximum Gasteiger partial charge on any atom is 0.183 e. The number of benzene rings is 1. The number of rotatable bonds is 5. The first-order chi connectivity index (χ1) is 8.28. The highest BCUT2D eigenvalue weighted by atomic mass is 79.9. The molecule has 1 aromatic carbocycles. The number of nitrogens with two attached hydrogens (primary N) is 1. The molecule has 4 heteroatoms. The lowest BCUT2D eigenvalue weighted by atomic mass is 10.1. The number of hydrogen-bond acceptors (Lipinski definition) is 3. The Bertz CT molecular complexity index is 389. The average molecular weight is 297 g/mol. The molecule has 1 atom stereocenters. The fraction of sp³-hybridized carbons (Fsp3) is 0.462. The van der Waals surface area contributed by atoms with Crippen LogP contribution >= 0.6 is 15.9 Å². The summed E-state index contributed by atoms with van der Waals surface area (Å²) in [5.74, 6) is 0.873. The summed E-state index contributed by atoms with van der Waals surface area (Å²) >= 11 is 3.43. The second kappa shape index (κ2) is 6.17. The standard InChI is InChI=1S/C13H17BrN2O/c14-11-5-3-10(4-6-11)8-12-9-16-13(17-12)2-1-7-15/h3-6,12H,1-2,7-9,15H2. The first-order valence-corrected chi connectivity index (χ1v) is 6.71. The molecule has 0 aromatic heterocycles. The Morgan fingerprint density at radius 3 is 2.82 bits per heavy atom. The van der Waals surface area contributed by atoms with E-state index in [0.717, 1.165) is 36.2 Å². The van der Waals surface area contributed by atoms with Gasteiger partial charge in [0.25, 0.3) is 0 Å². The Balaban J connectivity index is 1.81. The van der Waals surface area contributed by atoms with Gasteiger partial charge in [-0.05, 0) is 30.7 Å². The van der Waals surface area contributed by atoms with Gasteiger partial charge in [0.15, 0.2) is 5.90 Å². The molecule has 92 valence electrons. The molecule has 1 aliphatic rings. The van der Waals surface area contributed by atoms with Gasteiger partial charge in [-0.1, -0.05) is 28.1 Å². The number of ether oxygens (including phenoxy) is 1. The van der Waals surface area contributed by atoms with E-state index in [1.165, 1.54) is 5.56 Å². The minimum absolute atomic E-state index is 0.198. The van der Waals surface area contributed by atoms with E-state index in [9.17, 15) is 0 Å². The zero-order valence-electron chi connectivity index (χ0n) is 9.73. The lowest BCUT2D eigenvalue weighted by Gasteiger charge is -2.11. The summed E-state index contributed by atoms with van der Waals surface area (Å²) in [6.07, 6.45) is 2.93. The molecule has 3 nitrogen and oxygen atoms in total. The summed E-state index contributed by atoms with van der Waals surface area (Å²) in [6, 6.07) is 8.34. The second-order valence-corrected chi connectivity index (χ2v) is 5.11. The second-order valence-electron chi connectivity index (χ2n) is 4.20. The van der Waals surface area contributed by atoms with Crippen molar-refractivity contribution in [1.82, 2.24) is 0 Å². The van der Waals surface area contributed by atoms with Gasteiger partial charge in [-0.2, -0.15) is 0 Å². The van der Waals surface area contributed by atoms with E-state index in [4.69, 9.17) is 10.5 Å². The van der Waals surface area contributed by atoms with Crippen LogP contribution in [0.2, 0.25) is 0 Å². The molecule has 0 fully saturated rings. The highest BCUT2D eigenvalue weighted by Gasteiger charge is 2.19. The van der Waals surface area contributed by atoms with Crippen LogP contribution in [0.5, 0.6) is 0 Å². The molecule has 0 saturated heterocycles. The normalized spacial score (nSPS) is 18.9. The van der Waals surface area contributed by atoms with Crippen molar-refractivity contribution in [3.8, 4) is 0 Å². The van der Waals surface area contributed by atoms with Crippen molar-refractivity contribution >= 4 is 21.8 Å². The van der Waals surface area contributed by atoms with Gasteiger partial charge in [-0.25, -0.2) is 0 Å². The number of hydrogen-bond donors (Lipinski definition) is 1. The van der Waals surface area contributed by atoms with Gasteiger partial charge in [-0.3, -0.25) is 4.99 Å². The lowest BCUT2D eigenvalue weighted by molar-refractivity contribution is 0.218. The van der Waals surface area contributed by atoms with Crippen molar-refractivity contribution in [3.05, 3.63) is 34.3 Å². The summed E-state index contributed by atoms with van der Waals surface area (Å²) < 4.78 is 6.89. The summed E-state index contributed by atoms with van der Waals surface area (Å²) in [7, 11) is 0. The van der Waals surface area contributed by atoms with Gasteiger partial charge in [0.05, 0.1) is 6.54 Å². The minimum atomic E-state index is 0.198. The van der Waals surface area contributed by atoms with Crippen molar-refractivity contribution < 1.29 is 4.74 Å². The van der Waals surface area contributed by atoms with Crippen LogP contribution in [0, 0.1) is 0 Å². The van der Waals surface area contributed by atoms with Crippen LogP contribution in [-0.4, -0.2) is 25.1 Å². The lowest BCUT2D eigenvalue weighted by Crippen LogP contribution is -2.16. The average Bonchev–Trinajstić information content (AvgIpc) is 2.77.